The zero-order valence-electron chi connectivity index (χ0n) is 15.1. The van der Waals surface area contributed by atoms with E-state index in [1.807, 2.05) is 17.0 Å². The summed E-state index contributed by atoms with van der Waals surface area (Å²) >= 11 is 0. The van der Waals surface area contributed by atoms with Gasteiger partial charge in [-0.2, -0.15) is 0 Å². The van der Waals surface area contributed by atoms with Crippen LogP contribution in [0, 0.1) is 13.8 Å². The van der Waals surface area contributed by atoms with E-state index in [2.05, 4.69) is 15.6 Å². The average molecular weight is 354 g/mol. The number of amides is 2. The highest BCUT2D eigenvalue weighted by Gasteiger charge is 2.20. The monoisotopic (exact) mass is 354 g/mol. The number of aromatic nitrogens is 1. The molecule has 3 N–H and O–H groups in total. The van der Waals surface area contributed by atoms with E-state index in [1.165, 1.54) is 6.92 Å². The van der Waals surface area contributed by atoms with E-state index in [1.54, 1.807) is 26.0 Å². The molecule has 0 spiro atoms. The fourth-order valence-corrected chi connectivity index (χ4v) is 3.31. The first kappa shape index (κ1) is 17.7. The summed E-state index contributed by atoms with van der Waals surface area (Å²) in [6.07, 6.45) is 0. The van der Waals surface area contributed by atoms with Gasteiger partial charge in [0.2, 0.25) is 5.91 Å². The molecule has 0 radical (unpaired) electrons. The lowest BCUT2D eigenvalue weighted by molar-refractivity contribution is -0.120. The summed E-state index contributed by atoms with van der Waals surface area (Å²) < 4.78 is 0. The second kappa shape index (κ2) is 7.03. The number of aryl methyl sites for hydroxylation is 1. The number of benzene rings is 1. The lowest BCUT2D eigenvalue weighted by atomic mass is 10.1. The number of nitrogens with zero attached hydrogens (tertiary/aromatic N) is 1. The Balaban J connectivity index is 1.73. The summed E-state index contributed by atoms with van der Waals surface area (Å²) in [4.78, 5) is 40.7. The first-order chi connectivity index (χ1) is 12.4. The minimum Gasteiger partial charge on any atom is -0.360 e. The van der Waals surface area contributed by atoms with Crippen LogP contribution in [0.25, 0.3) is 0 Å². The van der Waals surface area contributed by atoms with Crippen LogP contribution in [-0.4, -0.2) is 42.2 Å². The molecule has 0 aliphatic carbocycles. The number of hydrogen-bond acceptors (Lipinski definition) is 4. The van der Waals surface area contributed by atoms with Crippen LogP contribution in [0.1, 0.15) is 39.0 Å². The molecule has 7 heteroatoms. The van der Waals surface area contributed by atoms with Crippen molar-refractivity contribution in [3.8, 4) is 0 Å². The van der Waals surface area contributed by atoms with Gasteiger partial charge in [0.15, 0.2) is 5.78 Å². The topological polar surface area (TPSA) is 94.3 Å². The standard InChI is InChI=1S/C19H22N4O3/c1-11-17(13(3)24)12(2)21-18(11)19(26)22-14-4-6-15(7-5-14)23-9-8-20-16(25)10-23/h4-7,21H,8-10H2,1-3H3,(H,20,25)(H,22,26). The molecule has 1 aromatic carbocycles. The van der Waals surface area contributed by atoms with Crippen molar-refractivity contribution >= 4 is 29.0 Å². The lowest BCUT2D eigenvalue weighted by Gasteiger charge is -2.28. The molecule has 3 rings (SSSR count). The van der Waals surface area contributed by atoms with Gasteiger partial charge in [-0.25, -0.2) is 0 Å². The van der Waals surface area contributed by atoms with E-state index in [4.69, 9.17) is 0 Å². The number of Topliss-reactive ketones (excluding diaryl/α,β-unsaturated/α-hetero) is 1. The van der Waals surface area contributed by atoms with Crippen molar-refractivity contribution in [2.75, 3.05) is 29.9 Å². The number of piperazine rings is 1. The minimum absolute atomic E-state index is 0.00694. The number of nitrogens with one attached hydrogen (secondary N) is 3. The zero-order chi connectivity index (χ0) is 18.8. The second-order valence-electron chi connectivity index (χ2n) is 6.45. The third kappa shape index (κ3) is 3.46. The number of carbonyl (C=O) groups is 3. The predicted octanol–water partition coefficient (Wildman–Crippen LogP) is 2.02. The van der Waals surface area contributed by atoms with Crippen molar-refractivity contribution in [3.63, 3.8) is 0 Å². The number of aromatic amines is 1. The van der Waals surface area contributed by atoms with Crippen molar-refractivity contribution in [3.05, 3.63) is 46.8 Å². The molecule has 1 aliphatic heterocycles. The van der Waals surface area contributed by atoms with Crippen molar-refractivity contribution in [1.29, 1.82) is 0 Å². The molecule has 2 heterocycles. The molecule has 0 unspecified atom stereocenters. The number of ketones is 1. The van der Waals surface area contributed by atoms with E-state index in [-0.39, 0.29) is 17.6 Å². The van der Waals surface area contributed by atoms with Gasteiger partial charge in [0.05, 0.1) is 6.54 Å². The largest absolute Gasteiger partial charge is 0.360 e. The van der Waals surface area contributed by atoms with Gasteiger partial charge < -0.3 is 20.5 Å². The third-order valence-electron chi connectivity index (χ3n) is 4.55. The number of H-pyrrole nitrogens is 1. The molecule has 2 aromatic rings. The molecule has 7 nitrogen and oxygen atoms in total. The minimum atomic E-state index is -0.289. The number of carbonyl (C=O) groups excluding carboxylic acids is 3. The second-order valence-corrected chi connectivity index (χ2v) is 6.45. The summed E-state index contributed by atoms with van der Waals surface area (Å²) in [5, 5.41) is 5.63. The summed E-state index contributed by atoms with van der Waals surface area (Å²) in [6, 6.07) is 7.36. The van der Waals surface area contributed by atoms with E-state index in [0.29, 0.717) is 41.3 Å². The van der Waals surface area contributed by atoms with Gasteiger partial charge >= 0.3 is 0 Å². The molecule has 136 valence electrons. The van der Waals surface area contributed by atoms with Gasteiger partial charge in [0.25, 0.3) is 5.91 Å². The number of hydrogen-bond donors (Lipinski definition) is 3. The smallest absolute Gasteiger partial charge is 0.272 e. The number of anilines is 2. The van der Waals surface area contributed by atoms with Crippen LogP contribution < -0.4 is 15.5 Å². The maximum Gasteiger partial charge on any atom is 0.272 e. The summed E-state index contributed by atoms with van der Waals surface area (Å²) in [5.41, 5.74) is 3.89. The van der Waals surface area contributed by atoms with Crippen LogP contribution in [0.3, 0.4) is 0 Å². The Hall–Kier alpha value is -3.09. The van der Waals surface area contributed by atoms with Crippen LogP contribution in [0.2, 0.25) is 0 Å². The maximum absolute atomic E-state index is 12.5. The van der Waals surface area contributed by atoms with Gasteiger partial charge in [-0.3, -0.25) is 14.4 Å². The highest BCUT2D eigenvalue weighted by Crippen LogP contribution is 2.22. The van der Waals surface area contributed by atoms with Crippen LogP contribution >= 0.6 is 0 Å². The number of rotatable bonds is 4. The molecule has 1 aliphatic rings. The van der Waals surface area contributed by atoms with Crippen molar-refractivity contribution < 1.29 is 14.4 Å². The average Bonchev–Trinajstić information content (AvgIpc) is 2.90. The lowest BCUT2D eigenvalue weighted by Crippen LogP contribution is -2.47. The van der Waals surface area contributed by atoms with Crippen LogP contribution in [0.15, 0.2) is 24.3 Å². The van der Waals surface area contributed by atoms with E-state index in [0.717, 1.165) is 12.2 Å². The Morgan fingerprint density at radius 3 is 2.42 bits per heavy atom. The fraction of sp³-hybridized carbons (Fsp3) is 0.316. The summed E-state index contributed by atoms with van der Waals surface area (Å²) in [6.45, 7) is 6.75. The molecule has 1 fully saturated rings. The Morgan fingerprint density at radius 2 is 1.85 bits per heavy atom. The first-order valence-corrected chi connectivity index (χ1v) is 8.50. The summed E-state index contributed by atoms with van der Waals surface area (Å²) in [5.74, 6) is -0.346. The molecular weight excluding hydrogens is 332 g/mol. The van der Waals surface area contributed by atoms with E-state index < -0.39 is 0 Å². The molecule has 26 heavy (non-hydrogen) atoms. The maximum atomic E-state index is 12.5. The Labute approximate surface area is 151 Å². The quantitative estimate of drug-likeness (QED) is 0.732. The van der Waals surface area contributed by atoms with Gasteiger partial charge in [-0.1, -0.05) is 0 Å². The normalized spacial score (nSPS) is 14.1. The van der Waals surface area contributed by atoms with E-state index >= 15 is 0 Å². The molecule has 0 atom stereocenters. The highest BCUT2D eigenvalue weighted by molar-refractivity contribution is 6.07. The fourth-order valence-electron chi connectivity index (χ4n) is 3.31. The van der Waals surface area contributed by atoms with Crippen LogP contribution in [0.5, 0.6) is 0 Å². The molecule has 1 saturated heterocycles. The van der Waals surface area contributed by atoms with Crippen LogP contribution in [0.4, 0.5) is 11.4 Å². The third-order valence-corrected chi connectivity index (χ3v) is 4.55. The van der Waals surface area contributed by atoms with Gasteiger partial charge in [-0.05, 0) is 50.6 Å². The predicted molar refractivity (Wildman–Crippen MR) is 99.9 cm³/mol. The Morgan fingerprint density at radius 1 is 1.15 bits per heavy atom. The van der Waals surface area contributed by atoms with E-state index in [9.17, 15) is 14.4 Å². The Bertz CT molecular complexity index is 868. The van der Waals surface area contributed by atoms with Gasteiger partial charge in [0.1, 0.15) is 5.69 Å². The van der Waals surface area contributed by atoms with Crippen molar-refractivity contribution in [1.82, 2.24) is 10.3 Å². The SMILES string of the molecule is CC(=O)c1c(C)[nH]c(C(=O)Nc2ccc(N3CCNC(=O)C3)cc2)c1C. The molecule has 0 bridgehead atoms. The first-order valence-electron chi connectivity index (χ1n) is 8.50. The van der Waals surface area contributed by atoms with Crippen molar-refractivity contribution in [2.24, 2.45) is 0 Å². The molecule has 1 aromatic heterocycles. The molecule has 0 saturated carbocycles. The van der Waals surface area contributed by atoms with Gasteiger partial charge in [-0.15, -0.1) is 0 Å². The molecule has 2 amide bonds. The highest BCUT2D eigenvalue weighted by atomic mass is 16.2. The zero-order valence-corrected chi connectivity index (χ0v) is 15.1. The van der Waals surface area contributed by atoms with Gasteiger partial charge in [0, 0.05) is 35.7 Å². The van der Waals surface area contributed by atoms with Crippen molar-refractivity contribution in [2.45, 2.75) is 20.8 Å². The Kier molecular flexibility index (Phi) is 4.79. The van der Waals surface area contributed by atoms with Crippen LogP contribution in [-0.2, 0) is 4.79 Å². The summed E-state index contributed by atoms with van der Waals surface area (Å²) in [7, 11) is 0. The molecular formula is C19H22N4O3.